The fourth-order valence-electron chi connectivity index (χ4n) is 4.29. The highest BCUT2D eigenvalue weighted by Crippen LogP contribution is 2.59. The fraction of sp³-hybridized carbons (Fsp3) is 0.579. The first-order valence-electron chi connectivity index (χ1n) is 8.03. The molecule has 2 unspecified atom stereocenters. The molecule has 122 valence electrons. The standard InChI is InChI=1S/C19H27IN.HI/c1-19(2)16-8-7-15(18(19)11-16)13-21(3,4)12-14-5-9-17(20)10-6-14;/h5-7,9-10,16,18H,8,11-13H2,1-4H3;1H/q+1;/p-1. The van der Waals surface area contributed by atoms with Gasteiger partial charge < -0.3 is 28.5 Å². The molecule has 1 fully saturated rings. The van der Waals surface area contributed by atoms with Crippen LogP contribution in [0.15, 0.2) is 35.9 Å². The summed E-state index contributed by atoms with van der Waals surface area (Å²) in [6, 6.07) is 8.99. The Kier molecular flexibility index (Phi) is 5.71. The van der Waals surface area contributed by atoms with Crippen LogP contribution in [0.5, 0.6) is 0 Å². The van der Waals surface area contributed by atoms with Gasteiger partial charge in [-0.1, -0.05) is 32.1 Å². The lowest BCUT2D eigenvalue weighted by atomic mass is 9.49. The normalized spacial score (nSPS) is 25.8. The summed E-state index contributed by atoms with van der Waals surface area (Å²) in [5, 5.41) is 0. The first kappa shape index (κ1) is 18.7. The van der Waals surface area contributed by atoms with Crippen LogP contribution in [0.1, 0.15) is 32.3 Å². The van der Waals surface area contributed by atoms with Gasteiger partial charge in [0.25, 0.3) is 0 Å². The van der Waals surface area contributed by atoms with Crippen LogP contribution in [0.3, 0.4) is 0 Å². The minimum atomic E-state index is 0. The monoisotopic (exact) mass is 523 g/mol. The van der Waals surface area contributed by atoms with Gasteiger partial charge in [-0.05, 0) is 70.4 Å². The van der Waals surface area contributed by atoms with Crippen molar-refractivity contribution in [2.45, 2.75) is 33.2 Å². The Bertz CT molecular complexity index is 557. The molecule has 0 aliphatic heterocycles. The Balaban J connectivity index is 0.00000176. The molecule has 3 aliphatic rings. The molecular weight excluding hydrogens is 496 g/mol. The molecule has 4 rings (SSSR count). The fourth-order valence-corrected chi connectivity index (χ4v) is 4.65. The summed E-state index contributed by atoms with van der Waals surface area (Å²) in [6.45, 7) is 7.26. The van der Waals surface area contributed by atoms with Crippen LogP contribution in [0.4, 0.5) is 0 Å². The molecule has 22 heavy (non-hydrogen) atoms. The summed E-state index contributed by atoms with van der Waals surface area (Å²) in [7, 11) is 4.74. The molecule has 3 heteroatoms. The molecular formula is C19H27I2N. The number of nitrogens with zero attached hydrogens (tertiary/aromatic N) is 1. The van der Waals surface area contributed by atoms with Crippen LogP contribution in [-0.4, -0.2) is 25.1 Å². The van der Waals surface area contributed by atoms with Crippen molar-refractivity contribution in [3.63, 3.8) is 0 Å². The summed E-state index contributed by atoms with van der Waals surface area (Å²) in [6.07, 6.45) is 5.29. The van der Waals surface area contributed by atoms with Crippen molar-refractivity contribution in [3.8, 4) is 0 Å². The Morgan fingerprint density at radius 2 is 1.77 bits per heavy atom. The zero-order chi connectivity index (χ0) is 15.3. The van der Waals surface area contributed by atoms with E-state index in [0.29, 0.717) is 5.41 Å². The van der Waals surface area contributed by atoms with E-state index in [1.807, 2.05) is 0 Å². The summed E-state index contributed by atoms with van der Waals surface area (Å²) in [5.41, 5.74) is 3.72. The first-order chi connectivity index (χ1) is 9.78. The Morgan fingerprint density at radius 1 is 1.14 bits per heavy atom. The molecule has 0 amide bonds. The van der Waals surface area contributed by atoms with Crippen LogP contribution in [0, 0.1) is 20.8 Å². The highest BCUT2D eigenvalue weighted by molar-refractivity contribution is 14.1. The average molecular weight is 523 g/mol. The lowest BCUT2D eigenvalue weighted by molar-refractivity contribution is -0.899. The number of halogens is 2. The third-order valence-electron chi connectivity index (χ3n) is 5.72. The Morgan fingerprint density at radius 3 is 2.32 bits per heavy atom. The van der Waals surface area contributed by atoms with Gasteiger partial charge in [0.1, 0.15) is 13.1 Å². The van der Waals surface area contributed by atoms with Crippen molar-refractivity contribution in [1.82, 2.24) is 0 Å². The zero-order valence-electron chi connectivity index (χ0n) is 14.1. The molecule has 0 saturated heterocycles. The Hall–Kier alpha value is 0.380. The van der Waals surface area contributed by atoms with E-state index < -0.39 is 0 Å². The molecule has 0 spiro atoms. The van der Waals surface area contributed by atoms with Gasteiger partial charge in [-0.3, -0.25) is 0 Å². The van der Waals surface area contributed by atoms with Crippen molar-refractivity contribution >= 4 is 22.6 Å². The molecule has 0 radical (unpaired) electrons. The maximum absolute atomic E-state index is 2.55. The maximum Gasteiger partial charge on any atom is 0.104 e. The molecule has 1 aromatic rings. The molecule has 1 saturated carbocycles. The van der Waals surface area contributed by atoms with Crippen molar-refractivity contribution in [3.05, 3.63) is 45.0 Å². The molecule has 1 aromatic carbocycles. The number of hydrogen-bond acceptors (Lipinski definition) is 0. The van der Waals surface area contributed by atoms with Gasteiger partial charge in [-0.2, -0.15) is 0 Å². The van der Waals surface area contributed by atoms with Crippen LogP contribution in [0.25, 0.3) is 0 Å². The van der Waals surface area contributed by atoms with E-state index in [2.05, 4.69) is 80.9 Å². The van der Waals surface area contributed by atoms with Gasteiger partial charge in [0.05, 0.1) is 14.1 Å². The number of allylic oxidation sites excluding steroid dienone is 1. The topological polar surface area (TPSA) is 0 Å². The second-order valence-electron chi connectivity index (χ2n) is 8.20. The van der Waals surface area contributed by atoms with Gasteiger partial charge in [0.2, 0.25) is 0 Å². The van der Waals surface area contributed by atoms with Gasteiger partial charge in [-0.15, -0.1) is 0 Å². The predicted molar refractivity (Wildman–Crippen MR) is 97.9 cm³/mol. The van der Waals surface area contributed by atoms with E-state index in [0.717, 1.165) is 22.9 Å². The number of fused-ring (bicyclic) bond motifs is 1. The molecule has 1 nitrogen and oxygen atoms in total. The van der Waals surface area contributed by atoms with Gasteiger partial charge >= 0.3 is 0 Å². The van der Waals surface area contributed by atoms with Crippen LogP contribution in [-0.2, 0) is 6.54 Å². The summed E-state index contributed by atoms with van der Waals surface area (Å²) >= 11 is 2.38. The minimum Gasteiger partial charge on any atom is -1.00 e. The number of likely N-dealkylation sites (N-methyl/N-ethyl adjacent to an activating group) is 1. The molecule has 0 N–H and O–H groups in total. The third kappa shape index (κ3) is 3.72. The highest BCUT2D eigenvalue weighted by Gasteiger charge is 2.52. The first-order valence-corrected chi connectivity index (χ1v) is 9.11. The van der Waals surface area contributed by atoms with E-state index in [9.17, 15) is 0 Å². The second-order valence-corrected chi connectivity index (χ2v) is 9.45. The maximum atomic E-state index is 2.55. The average Bonchev–Trinajstić information content (AvgIpc) is 2.40. The lowest BCUT2D eigenvalue weighted by Gasteiger charge is -2.57. The molecule has 2 atom stereocenters. The van der Waals surface area contributed by atoms with E-state index in [1.54, 1.807) is 5.57 Å². The van der Waals surface area contributed by atoms with Crippen molar-refractivity contribution in [1.29, 1.82) is 0 Å². The molecule has 0 aromatic heterocycles. The second kappa shape index (κ2) is 6.71. The van der Waals surface area contributed by atoms with Crippen LogP contribution >= 0.6 is 22.6 Å². The van der Waals surface area contributed by atoms with Crippen LogP contribution in [0.2, 0.25) is 0 Å². The van der Waals surface area contributed by atoms with Crippen LogP contribution < -0.4 is 24.0 Å². The van der Waals surface area contributed by atoms with E-state index >= 15 is 0 Å². The van der Waals surface area contributed by atoms with E-state index in [-0.39, 0.29) is 24.0 Å². The predicted octanol–water partition coefficient (Wildman–Crippen LogP) is 1.86. The lowest BCUT2D eigenvalue weighted by Crippen LogP contribution is -3.00. The highest BCUT2D eigenvalue weighted by atomic mass is 127. The third-order valence-corrected chi connectivity index (χ3v) is 6.44. The molecule has 2 bridgehead atoms. The van der Waals surface area contributed by atoms with Gasteiger partial charge in [-0.25, -0.2) is 0 Å². The number of quaternary nitrogens is 1. The quantitative estimate of drug-likeness (QED) is 0.322. The van der Waals surface area contributed by atoms with Gasteiger partial charge in [0.15, 0.2) is 0 Å². The summed E-state index contributed by atoms with van der Waals surface area (Å²) < 4.78 is 2.38. The summed E-state index contributed by atoms with van der Waals surface area (Å²) in [5.74, 6) is 1.78. The van der Waals surface area contributed by atoms with Crippen molar-refractivity contribution < 1.29 is 28.5 Å². The number of hydrogen-bond donors (Lipinski definition) is 0. The smallest absolute Gasteiger partial charge is 0.104 e. The zero-order valence-corrected chi connectivity index (χ0v) is 18.4. The number of rotatable bonds is 4. The van der Waals surface area contributed by atoms with Crippen molar-refractivity contribution in [2.75, 3.05) is 20.6 Å². The minimum absolute atomic E-state index is 0. The van der Waals surface area contributed by atoms with Gasteiger partial charge in [0, 0.05) is 9.13 Å². The molecule has 0 heterocycles. The largest absolute Gasteiger partial charge is 1.00 e. The van der Waals surface area contributed by atoms with Crippen molar-refractivity contribution in [2.24, 2.45) is 17.3 Å². The number of benzene rings is 1. The Labute approximate surface area is 166 Å². The van der Waals surface area contributed by atoms with E-state index in [1.165, 1.54) is 28.5 Å². The van der Waals surface area contributed by atoms with E-state index in [4.69, 9.17) is 0 Å². The SMILES string of the molecule is CC1(C)C2CC=C(C[N+](C)(C)Cc3ccc(I)cc3)C1C2.[I-]. The molecule has 3 aliphatic carbocycles. The summed E-state index contributed by atoms with van der Waals surface area (Å²) in [4.78, 5) is 0.